The fourth-order valence-electron chi connectivity index (χ4n) is 2.27. The van der Waals surface area contributed by atoms with Crippen LogP contribution < -0.4 is 5.32 Å². The molecular weight excluding hydrogens is 288 g/mol. The van der Waals surface area contributed by atoms with E-state index in [1.54, 1.807) is 16.4 Å². The van der Waals surface area contributed by atoms with Gasteiger partial charge in [0.15, 0.2) is 0 Å². The highest BCUT2D eigenvalue weighted by atomic mass is 32.2. The van der Waals surface area contributed by atoms with Crippen molar-refractivity contribution in [2.45, 2.75) is 57.7 Å². The molecule has 0 aliphatic heterocycles. The van der Waals surface area contributed by atoms with Gasteiger partial charge in [-0.05, 0) is 43.9 Å². The normalized spacial score (nSPS) is 16.0. The van der Waals surface area contributed by atoms with Crippen molar-refractivity contribution in [2.24, 2.45) is 5.92 Å². The molecule has 0 amide bonds. The van der Waals surface area contributed by atoms with Crippen LogP contribution >= 0.6 is 0 Å². The van der Waals surface area contributed by atoms with E-state index in [0.29, 0.717) is 24.8 Å². The predicted octanol–water partition coefficient (Wildman–Crippen LogP) is 2.59. The minimum Gasteiger partial charge on any atom is -0.447 e. The van der Waals surface area contributed by atoms with Crippen molar-refractivity contribution in [2.75, 3.05) is 13.1 Å². The SMILES string of the molecule is CCCN(C1CC1)S(=O)(=O)c1ccc(CNCC(C)C)o1. The molecule has 21 heavy (non-hydrogen) atoms. The molecule has 0 spiro atoms. The molecule has 0 saturated heterocycles. The summed E-state index contributed by atoms with van der Waals surface area (Å²) in [6.07, 6.45) is 2.74. The maximum atomic E-state index is 12.6. The fraction of sp³-hybridized carbons (Fsp3) is 0.733. The average molecular weight is 314 g/mol. The summed E-state index contributed by atoms with van der Waals surface area (Å²) >= 11 is 0. The van der Waals surface area contributed by atoms with Gasteiger partial charge in [0.25, 0.3) is 10.0 Å². The third-order valence-electron chi connectivity index (χ3n) is 3.45. The first-order chi connectivity index (χ1) is 9.95. The van der Waals surface area contributed by atoms with Gasteiger partial charge in [0.1, 0.15) is 5.76 Å². The van der Waals surface area contributed by atoms with E-state index in [-0.39, 0.29) is 11.1 Å². The van der Waals surface area contributed by atoms with E-state index in [2.05, 4.69) is 19.2 Å². The van der Waals surface area contributed by atoms with Crippen LogP contribution in [0.15, 0.2) is 21.6 Å². The Morgan fingerprint density at radius 2 is 2.10 bits per heavy atom. The molecular formula is C15H26N2O3S. The number of furan rings is 1. The Hall–Kier alpha value is -0.850. The third kappa shape index (κ3) is 4.31. The maximum Gasteiger partial charge on any atom is 0.276 e. The van der Waals surface area contributed by atoms with Crippen molar-refractivity contribution in [3.05, 3.63) is 17.9 Å². The van der Waals surface area contributed by atoms with Crippen molar-refractivity contribution < 1.29 is 12.8 Å². The molecule has 2 rings (SSSR count). The number of hydrogen-bond acceptors (Lipinski definition) is 4. The molecule has 1 aromatic heterocycles. The lowest BCUT2D eigenvalue weighted by Crippen LogP contribution is -2.33. The summed E-state index contributed by atoms with van der Waals surface area (Å²) in [6, 6.07) is 3.49. The second-order valence-electron chi connectivity index (χ2n) is 6.09. The highest BCUT2D eigenvalue weighted by Gasteiger charge is 2.38. The molecule has 0 bridgehead atoms. The molecule has 1 fully saturated rings. The average Bonchev–Trinajstić information content (AvgIpc) is 3.13. The van der Waals surface area contributed by atoms with E-state index in [4.69, 9.17) is 4.42 Å². The van der Waals surface area contributed by atoms with Gasteiger partial charge >= 0.3 is 0 Å². The summed E-state index contributed by atoms with van der Waals surface area (Å²) < 4.78 is 32.4. The Morgan fingerprint density at radius 3 is 2.67 bits per heavy atom. The summed E-state index contributed by atoms with van der Waals surface area (Å²) in [5.41, 5.74) is 0. The lowest BCUT2D eigenvalue weighted by atomic mass is 10.2. The van der Waals surface area contributed by atoms with Crippen molar-refractivity contribution in [3.63, 3.8) is 0 Å². The molecule has 1 aromatic rings. The van der Waals surface area contributed by atoms with E-state index in [1.165, 1.54) is 0 Å². The Labute approximate surface area is 127 Å². The van der Waals surface area contributed by atoms with Gasteiger partial charge in [-0.3, -0.25) is 0 Å². The number of hydrogen-bond donors (Lipinski definition) is 1. The number of nitrogens with one attached hydrogen (secondary N) is 1. The summed E-state index contributed by atoms with van der Waals surface area (Å²) in [5.74, 6) is 1.22. The molecule has 1 saturated carbocycles. The summed E-state index contributed by atoms with van der Waals surface area (Å²) in [5, 5.41) is 3.33. The molecule has 0 unspecified atom stereocenters. The topological polar surface area (TPSA) is 62.6 Å². The lowest BCUT2D eigenvalue weighted by Gasteiger charge is -2.19. The van der Waals surface area contributed by atoms with E-state index < -0.39 is 10.0 Å². The van der Waals surface area contributed by atoms with Gasteiger partial charge in [0.05, 0.1) is 6.54 Å². The number of sulfonamides is 1. The van der Waals surface area contributed by atoms with Gasteiger partial charge in [-0.1, -0.05) is 20.8 Å². The molecule has 1 aliphatic rings. The first kappa shape index (κ1) is 16.5. The predicted molar refractivity (Wildman–Crippen MR) is 82.5 cm³/mol. The molecule has 1 heterocycles. The molecule has 1 N–H and O–H groups in total. The monoisotopic (exact) mass is 314 g/mol. The van der Waals surface area contributed by atoms with Gasteiger partial charge < -0.3 is 9.73 Å². The van der Waals surface area contributed by atoms with Crippen LogP contribution in [0.1, 0.15) is 45.8 Å². The number of rotatable bonds is 9. The van der Waals surface area contributed by atoms with Crippen molar-refractivity contribution in [3.8, 4) is 0 Å². The van der Waals surface area contributed by atoms with Crippen molar-refractivity contribution >= 4 is 10.0 Å². The van der Waals surface area contributed by atoms with E-state index >= 15 is 0 Å². The van der Waals surface area contributed by atoms with E-state index in [9.17, 15) is 8.42 Å². The van der Waals surface area contributed by atoms with Crippen LogP contribution in [0.4, 0.5) is 0 Å². The van der Waals surface area contributed by atoms with Crippen LogP contribution in [-0.4, -0.2) is 31.9 Å². The van der Waals surface area contributed by atoms with Crippen LogP contribution in [-0.2, 0) is 16.6 Å². The fourth-order valence-corrected chi connectivity index (χ4v) is 3.98. The Balaban J connectivity index is 2.04. The van der Waals surface area contributed by atoms with Gasteiger partial charge in [0.2, 0.25) is 5.09 Å². The van der Waals surface area contributed by atoms with E-state index in [0.717, 1.165) is 25.8 Å². The van der Waals surface area contributed by atoms with Gasteiger partial charge in [-0.25, -0.2) is 8.42 Å². The zero-order valence-electron chi connectivity index (χ0n) is 13.1. The van der Waals surface area contributed by atoms with Gasteiger partial charge in [-0.2, -0.15) is 4.31 Å². The molecule has 0 radical (unpaired) electrons. The molecule has 0 aromatic carbocycles. The smallest absolute Gasteiger partial charge is 0.276 e. The van der Waals surface area contributed by atoms with Gasteiger partial charge in [-0.15, -0.1) is 0 Å². The molecule has 0 atom stereocenters. The summed E-state index contributed by atoms with van der Waals surface area (Å²) in [6.45, 7) is 8.26. The first-order valence-electron chi connectivity index (χ1n) is 7.76. The third-order valence-corrected chi connectivity index (χ3v) is 5.28. The summed E-state index contributed by atoms with van der Waals surface area (Å²) in [7, 11) is -3.48. The first-order valence-corrected chi connectivity index (χ1v) is 9.20. The number of nitrogens with zero attached hydrogens (tertiary/aromatic N) is 1. The Kier molecular flexibility index (Phi) is 5.46. The highest BCUT2D eigenvalue weighted by Crippen LogP contribution is 2.32. The maximum absolute atomic E-state index is 12.6. The highest BCUT2D eigenvalue weighted by molar-refractivity contribution is 7.89. The lowest BCUT2D eigenvalue weighted by molar-refractivity contribution is 0.356. The molecule has 5 nitrogen and oxygen atoms in total. The van der Waals surface area contributed by atoms with Crippen LogP contribution in [0.25, 0.3) is 0 Å². The summed E-state index contributed by atoms with van der Waals surface area (Å²) in [4.78, 5) is 0. The van der Waals surface area contributed by atoms with Crippen LogP contribution in [0.2, 0.25) is 0 Å². The largest absolute Gasteiger partial charge is 0.447 e. The van der Waals surface area contributed by atoms with Crippen LogP contribution in [0, 0.1) is 5.92 Å². The van der Waals surface area contributed by atoms with Crippen molar-refractivity contribution in [1.29, 1.82) is 0 Å². The Bertz CT molecular complexity index is 547. The molecule has 6 heteroatoms. The minimum atomic E-state index is -3.48. The second-order valence-corrected chi connectivity index (χ2v) is 7.91. The Morgan fingerprint density at radius 1 is 1.38 bits per heavy atom. The standard InChI is InChI=1S/C15H26N2O3S/c1-4-9-17(13-5-6-13)21(18,19)15-8-7-14(20-15)11-16-10-12(2)3/h7-8,12-13,16H,4-6,9-11H2,1-3H3. The van der Waals surface area contributed by atoms with Crippen molar-refractivity contribution in [1.82, 2.24) is 9.62 Å². The second kappa shape index (κ2) is 6.94. The van der Waals surface area contributed by atoms with E-state index in [1.807, 2.05) is 6.92 Å². The van der Waals surface area contributed by atoms with Gasteiger partial charge in [0, 0.05) is 12.6 Å². The van der Waals surface area contributed by atoms with Crippen LogP contribution in [0.3, 0.4) is 0 Å². The zero-order valence-corrected chi connectivity index (χ0v) is 13.9. The van der Waals surface area contributed by atoms with Crippen LogP contribution in [0.5, 0.6) is 0 Å². The minimum absolute atomic E-state index is 0.0733. The molecule has 1 aliphatic carbocycles. The molecule has 120 valence electrons. The quantitative estimate of drug-likeness (QED) is 0.761. The zero-order chi connectivity index (χ0) is 15.5.